The van der Waals surface area contributed by atoms with E-state index in [0.717, 1.165) is 30.9 Å². The van der Waals surface area contributed by atoms with Crippen molar-refractivity contribution in [1.82, 2.24) is 14.5 Å². The molecule has 0 unspecified atom stereocenters. The zero-order valence-electron chi connectivity index (χ0n) is 9.97. The fourth-order valence-corrected chi connectivity index (χ4v) is 1.82. The molecule has 17 heavy (non-hydrogen) atoms. The van der Waals surface area contributed by atoms with E-state index in [1.165, 1.54) is 6.20 Å². The third-order valence-corrected chi connectivity index (χ3v) is 2.76. The Hall–Kier alpha value is -1.91. The van der Waals surface area contributed by atoms with Crippen molar-refractivity contribution in [2.24, 2.45) is 0 Å². The third-order valence-electron chi connectivity index (χ3n) is 2.76. The van der Waals surface area contributed by atoms with Gasteiger partial charge in [-0.05, 0) is 19.4 Å². The number of hydrogen-bond donors (Lipinski definition) is 1. The molecule has 0 saturated carbocycles. The molecule has 2 aromatic heterocycles. The minimum atomic E-state index is -0.972. The Labute approximate surface area is 99.1 Å². The number of aryl methyl sites for hydroxylation is 2. The quantitative estimate of drug-likeness (QED) is 0.879. The van der Waals surface area contributed by atoms with Gasteiger partial charge in [0, 0.05) is 12.7 Å². The van der Waals surface area contributed by atoms with Gasteiger partial charge in [-0.15, -0.1) is 0 Å². The van der Waals surface area contributed by atoms with E-state index in [9.17, 15) is 4.79 Å². The highest BCUT2D eigenvalue weighted by Gasteiger charge is 2.11. The number of hydrogen-bond acceptors (Lipinski definition) is 3. The average molecular weight is 233 g/mol. The molecule has 0 aliphatic carbocycles. The lowest BCUT2D eigenvalue weighted by molar-refractivity contribution is 0.0696. The molecule has 0 saturated heterocycles. The van der Waals surface area contributed by atoms with E-state index < -0.39 is 5.97 Å². The van der Waals surface area contributed by atoms with Gasteiger partial charge < -0.3 is 9.67 Å². The molecule has 1 N–H and O–H groups in total. The standard InChI is InChI=1S/C12H15N3O2/c1-3-4-5-15-8(2)14-10-6-9(12(16)17)7-13-11(10)15/h6-7H,3-5H2,1-2H3,(H,16,17). The van der Waals surface area contributed by atoms with Crippen molar-refractivity contribution in [3.63, 3.8) is 0 Å². The van der Waals surface area contributed by atoms with E-state index in [1.807, 2.05) is 11.5 Å². The number of carbonyl (C=O) groups is 1. The first-order chi connectivity index (χ1) is 8.13. The van der Waals surface area contributed by atoms with Crippen molar-refractivity contribution in [1.29, 1.82) is 0 Å². The maximum Gasteiger partial charge on any atom is 0.337 e. The zero-order valence-corrected chi connectivity index (χ0v) is 9.97. The van der Waals surface area contributed by atoms with Crippen LogP contribution in [0.1, 0.15) is 35.9 Å². The number of pyridine rings is 1. The summed E-state index contributed by atoms with van der Waals surface area (Å²) in [6.07, 6.45) is 3.55. The lowest BCUT2D eigenvalue weighted by atomic mass is 10.3. The van der Waals surface area contributed by atoms with Crippen LogP contribution in [-0.4, -0.2) is 25.6 Å². The lowest BCUT2D eigenvalue weighted by Gasteiger charge is -2.04. The van der Waals surface area contributed by atoms with Gasteiger partial charge in [-0.1, -0.05) is 13.3 Å². The second-order valence-electron chi connectivity index (χ2n) is 4.04. The minimum Gasteiger partial charge on any atom is -0.478 e. The Balaban J connectivity index is 2.48. The van der Waals surface area contributed by atoms with E-state index in [0.29, 0.717) is 5.52 Å². The molecule has 2 rings (SSSR count). The van der Waals surface area contributed by atoms with Crippen LogP contribution in [0.4, 0.5) is 0 Å². The Bertz CT molecular complexity index is 560. The lowest BCUT2D eigenvalue weighted by Crippen LogP contribution is -2.02. The number of rotatable bonds is 4. The van der Waals surface area contributed by atoms with E-state index in [-0.39, 0.29) is 5.56 Å². The Morgan fingerprint density at radius 1 is 1.53 bits per heavy atom. The van der Waals surface area contributed by atoms with Crippen LogP contribution in [0.15, 0.2) is 12.3 Å². The second-order valence-corrected chi connectivity index (χ2v) is 4.04. The largest absolute Gasteiger partial charge is 0.478 e. The van der Waals surface area contributed by atoms with Gasteiger partial charge in [-0.2, -0.15) is 0 Å². The smallest absolute Gasteiger partial charge is 0.337 e. The monoisotopic (exact) mass is 233 g/mol. The molecule has 5 heteroatoms. The number of carboxylic acids is 1. The normalized spacial score (nSPS) is 10.9. The predicted molar refractivity (Wildman–Crippen MR) is 64.1 cm³/mol. The fourth-order valence-electron chi connectivity index (χ4n) is 1.82. The van der Waals surface area contributed by atoms with Crippen LogP contribution in [0.25, 0.3) is 11.2 Å². The molecule has 0 spiro atoms. The van der Waals surface area contributed by atoms with Crippen LogP contribution in [0.5, 0.6) is 0 Å². The van der Waals surface area contributed by atoms with Crippen molar-refractivity contribution in [3.8, 4) is 0 Å². The second kappa shape index (κ2) is 4.53. The van der Waals surface area contributed by atoms with Crippen LogP contribution in [0.3, 0.4) is 0 Å². The highest BCUT2D eigenvalue weighted by molar-refractivity contribution is 5.90. The van der Waals surface area contributed by atoms with E-state index in [4.69, 9.17) is 5.11 Å². The summed E-state index contributed by atoms with van der Waals surface area (Å²) in [5.74, 6) is -0.0938. The van der Waals surface area contributed by atoms with E-state index >= 15 is 0 Å². The molecule has 0 bridgehead atoms. The molecular weight excluding hydrogens is 218 g/mol. The van der Waals surface area contributed by atoms with Crippen LogP contribution in [0.2, 0.25) is 0 Å². The molecule has 0 aliphatic heterocycles. The summed E-state index contributed by atoms with van der Waals surface area (Å²) in [7, 11) is 0. The zero-order chi connectivity index (χ0) is 12.4. The van der Waals surface area contributed by atoms with Gasteiger partial charge in [0.1, 0.15) is 11.3 Å². The van der Waals surface area contributed by atoms with Crippen molar-refractivity contribution in [2.75, 3.05) is 0 Å². The molecule has 0 atom stereocenters. The van der Waals surface area contributed by atoms with Gasteiger partial charge in [0.2, 0.25) is 0 Å². The number of aromatic nitrogens is 3. The Kier molecular flexibility index (Phi) is 3.08. The van der Waals surface area contributed by atoms with Crippen molar-refractivity contribution in [3.05, 3.63) is 23.7 Å². The molecule has 90 valence electrons. The first kappa shape index (κ1) is 11.6. The predicted octanol–water partition coefficient (Wildman–Crippen LogP) is 2.24. The number of fused-ring (bicyclic) bond motifs is 1. The third kappa shape index (κ3) is 2.13. The van der Waals surface area contributed by atoms with Crippen LogP contribution in [-0.2, 0) is 6.54 Å². The van der Waals surface area contributed by atoms with Gasteiger partial charge >= 0.3 is 5.97 Å². The summed E-state index contributed by atoms with van der Waals surface area (Å²) in [4.78, 5) is 19.4. The Morgan fingerprint density at radius 3 is 2.94 bits per heavy atom. The number of imidazole rings is 1. The molecule has 2 aromatic rings. The maximum atomic E-state index is 10.8. The average Bonchev–Trinajstić information content (AvgIpc) is 2.61. The minimum absolute atomic E-state index is 0.178. The number of nitrogens with zero attached hydrogens (tertiary/aromatic N) is 3. The maximum absolute atomic E-state index is 10.8. The molecule has 0 amide bonds. The van der Waals surface area contributed by atoms with Crippen molar-refractivity contribution >= 4 is 17.1 Å². The molecule has 5 nitrogen and oxygen atoms in total. The van der Waals surface area contributed by atoms with Gasteiger partial charge in [-0.25, -0.2) is 14.8 Å². The summed E-state index contributed by atoms with van der Waals surface area (Å²) in [6.45, 7) is 4.92. The van der Waals surface area contributed by atoms with Gasteiger partial charge in [0.15, 0.2) is 5.65 Å². The molecule has 0 aromatic carbocycles. The van der Waals surface area contributed by atoms with Crippen LogP contribution >= 0.6 is 0 Å². The summed E-state index contributed by atoms with van der Waals surface area (Å²) < 4.78 is 2.03. The SMILES string of the molecule is CCCCn1c(C)nc2cc(C(=O)O)cnc21. The summed E-state index contributed by atoms with van der Waals surface area (Å²) in [5.41, 5.74) is 1.59. The topological polar surface area (TPSA) is 68.0 Å². The first-order valence-corrected chi connectivity index (χ1v) is 5.69. The summed E-state index contributed by atoms with van der Waals surface area (Å²) in [5, 5.41) is 8.89. The molecule has 0 radical (unpaired) electrons. The fraction of sp³-hybridized carbons (Fsp3) is 0.417. The molecular formula is C12H15N3O2. The van der Waals surface area contributed by atoms with Gasteiger partial charge in [0.05, 0.1) is 5.56 Å². The van der Waals surface area contributed by atoms with Gasteiger partial charge in [-0.3, -0.25) is 0 Å². The van der Waals surface area contributed by atoms with Gasteiger partial charge in [0.25, 0.3) is 0 Å². The summed E-state index contributed by atoms with van der Waals surface area (Å²) in [6, 6.07) is 1.57. The first-order valence-electron chi connectivity index (χ1n) is 5.69. The Morgan fingerprint density at radius 2 is 2.29 bits per heavy atom. The molecule has 2 heterocycles. The highest BCUT2D eigenvalue weighted by Crippen LogP contribution is 2.16. The van der Waals surface area contributed by atoms with Crippen molar-refractivity contribution < 1.29 is 9.90 Å². The van der Waals surface area contributed by atoms with Crippen LogP contribution < -0.4 is 0 Å². The summed E-state index contributed by atoms with van der Waals surface area (Å²) >= 11 is 0. The highest BCUT2D eigenvalue weighted by atomic mass is 16.4. The van der Waals surface area contributed by atoms with Crippen molar-refractivity contribution in [2.45, 2.75) is 33.2 Å². The molecule has 0 fully saturated rings. The van der Waals surface area contributed by atoms with E-state index in [2.05, 4.69) is 16.9 Å². The van der Waals surface area contributed by atoms with E-state index in [1.54, 1.807) is 6.07 Å². The van der Waals surface area contributed by atoms with Crippen LogP contribution in [0, 0.1) is 6.92 Å². The molecule has 0 aliphatic rings. The number of aromatic carboxylic acids is 1. The number of unbranched alkanes of at least 4 members (excludes halogenated alkanes) is 1. The number of carboxylic acid groups (broad SMARTS) is 1.